The highest BCUT2D eigenvalue weighted by Gasteiger charge is 2.23. The maximum Gasteiger partial charge on any atom is 0.240 e. The average Bonchev–Trinajstić information content (AvgIpc) is 3.22. The van der Waals surface area contributed by atoms with Crippen LogP contribution in [0.2, 0.25) is 0 Å². The summed E-state index contributed by atoms with van der Waals surface area (Å²) in [7, 11) is 0. The van der Waals surface area contributed by atoms with E-state index in [0.29, 0.717) is 12.2 Å². The molecule has 1 aromatic carbocycles. The molecular formula is C19H22N6O. The highest BCUT2D eigenvalue weighted by molar-refractivity contribution is 5.79. The second-order valence-electron chi connectivity index (χ2n) is 6.54. The van der Waals surface area contributed by atoms with Crippen molar-refractivity contribution in [3.8, 4) is 11.5 Å². The standard InChI is InChI=1S/C19H22N6O/c20-18(26)17(11-14-5-2-1-3-6-14)24-10-8-22-19(24)16-12-15-13-21-7-4-9-25(15)23-16/h1-3,5-6,8,10,12,17,21H,4,7,9,11,13H2,(H2,20,26)/t17-/m0/s1. The van der Waals surface area contributed by atoms with E-state index < -0.39 is 6.04 Å². The Labute approximate surface area is 151 Å². The number of amides is 1. The molecule has 0 saturated heterocycles. The van der Waals surface area contributed by atoms with Gasteiger partial charge in [0.25, 0.3) is 0 Å². The highest BCUT2D eigenvalue weighted by Crippen LogP contribution is 2.24. The SMILES string of the molecule is NC(=O)[C@H](Cc1ccccc1)n1ccnc1-c1cc2n(n1)CCCNC2. The molecule has 0 fully saturated rings. The van der Waals surface area contributed by atoms with Crippen LogP contribution in [-0.2, 0) is 24.3 Å². The fourth-order valence-electron chi connectivity index (χ4n) is 3.41. The lowest BCUT2D eigenvalue weighted by Gasteiger charge is -2.17. The molecule has 3 heterocycles. The van der Waals surface area contributed by atoms with E-state index in [9.17, 15) is 4.79 Å². The summed E-state index contributed by atoms with van der Waals surface area (Å²) in [6.45, 7) is 2.66. The van der Waals surface area contributed by atoms with Gasteiger partial charge in [-0.1, -0.05) is 30.3 Å². The number of imidazole rings is 1. The van der Waals surface area contributed by atoms with Gasteiger partial charge in [0.15, 0.2) is 5.82 Å². The molecule has 7 nitrogen and oxygen atoms in total. The maximum absolute atomic E-state index is 12.2. The molecule has 1 amide bonds. The van der Waals surface area contributed by atoms with Crippen LogP contribution in [0.3, 0.4) is 0 Å². The number of aromatic nitrogens is 4. The minimum atomic E-state index is -0.505. The van der Waals surface area contributed by atoms with Crippen molar-refractivity contribution in [1.29, 1.82) is 0 Å². The Hall–Kier alpha value is -2.93. The van der Waals surface area contributed by atoms with Gasteiger partial charge in [-0.15, -0.1) is 0 Å². The van der Waals surface area contributed by atoms with E-state index in [2.05, 4.69) is 10.3 Å². The monoisotopic (exact) mass is 350 g/mol. The summed E-state index contributed by atoms with van der Waals surface area (Å²) in [5, 5.41) is 8.09. The second kappa shape index (κ2) is 7.13. The molecule has 2 aromatic heterocycles. The van der Waals surface area contributed by atoms with E-state index in [-0.39, 0.29) is 5.91 Å². The number of primary amides is 1. The van der Waals surface area contributed by atoms with Crippen LogP contribution in [0.15, 0.2) is 48.8 Å². The quantitative estimate of drug-likeness (QED) is 0.730. The first-order valence-corrected chi connectivity index (χ1v) is 8.86. The summed E-state index contributed by atoms with van der Waals surface area (Å²) >= 11 is 0. The Kier molecular flexibility index (Phi) is 4.53. The zero-order chi connectivity index (χ0) is 17.9. The van der Waals surface area contributed by atoms with Crippen molar-refractivity contribution in [2.24, 2.45) is 5.73 Å². The lowest BCUT2D eigenvalue weighted by Crippen LogP contribution is -2.28. The Bertz CT molecular complexity index is 874. The highest BCUT2D eigenvalue weighted by atomic mass is 16.1. The number of benzene rings is 1. The van der Waals surface area contributed by atoms with Crippen molar-refractivity contribution >= 4 is 5.91 Å². The number of fused-ring (bicyclic) bond motifs is 1. The predicted molar refractivity (Wildman–Crippen MR) is 98.1 cm³/mol. The van der Waals surface area contributed by atoms with E-state index in [1.807, 2.05) is 45.6 Å². The third kappa shape index (κ3) is 3.25. The van der Waals surface area contributed by atoms with Crippen LogP contribution in [0, 0.1) is 0 Å². The van der Waals surface area contributed by atoms with Crippen molar-refractivity contribution < 1.29 is 4.79 Å². The number of hydrogen-bond donors (Lipinski definition) is 2. The van der Waals surface area contributed by atoms with Gasteiger partial charge in [0, 0.05) is 31.9 Å². The summed E-state index contributed by atoms with van der Waals surface area (Å²) in [6.07, 6.45) is 5.06. The van der Waals surface area contributed by atoms with Crippen molar-refractivity contribution in [3.05, 3.63) is 60.0 Å². The maximum atomic E-state index is 12.2. The Morgan fingerprint density at radius 1 is 1.31 bits per heavy atom. The largest absolute Gasteiger partial charge is 0.368 e. The van der Waals surface area contributed by atoms with Gasteiger partial charge in [0.05, 0.1) is 5.69 Å². The van der Waals surface area contributed by atoms with E-state index >= 15 is 0 Å². The lowest BCUT2D eigenvalue weighted by molar-refractivity contribution is -0.121. The molecule has 1 atom stereocenters. The Morgan fingerprint density at radius 3 is 2.96 bits per heavy atom. The molecule has 134 valence electrons. The van der Waals surface area contributed by atoms with Crippen LogP contribution in [0.5, 0.6) is 0 Å². The summed E-state index contributed by atoms with van der Waals surface area (Å²) < 4.78 is 3.86. The van der Waals surface area contributed by atoms with Crippen LogP contribution in [0.1, 0.15) is 23.7 Å². The van der Waals surface area contributed by atoms with Gasteiger partial charge in [-0.3, -0.25) is 9.48 Å². The van der Waals surface area contributed by atoms with Gasteiger partial charge in [-0.25, -0.2) is 4.98 Å². The average molecular weight is 350 g/mol. The number of nitrogens with two attached hydrogens (primary N) is 1. The van der Waals surface area contributed by atoms with Crippen molar-refractivity contribution in [2.45, 2.75) is 32.0 Å². The number of rotatable bonds is 5. The van der Waals surface area contributed by atoms with Crippen LogP contribution in [0.4, 0.5) is 0 Å². The number of carbonyl (C=O) groups excluding carboxylic acids is 1. The van der Waals surface area contributed by atoms with Crippen LogP contribution >= 0.6 is 0 Å². The van der Waals surface area contributed by atoms with Gasteiger partial charge in [0.2, 0.25) is 5.91 Å². The molecule has 1 aliphatic rings. The fourth-order valence-corrected chi connectivity index (χ4v) is 3.41. The zero-order valence-corrected chi connectivity index (χ0v) is 14.5. The summed E-state index contributed by atoms with van der Waals surface area (Å²) in [4.78, 5) is 16.6. The molecule has 0 radical (unpaired) electrons. The van der Waals surface area contributed by atoms with Gasteiger partial charge in [0.1, 0.15) is 11.7 Å². The van der Waals surface area contributed by atoms with E-state index in [0.717, 1.165) is 43.0 Å². The number of carbonyl (C=O) groups is 1. The summed E-state index contributed by atoms with van der Waals surface area (Å²) in [5.41, 5.74) is 8.68. The number of aryl methyl sites for hydroxylation is 1. The Morgan fingerprint density at radius 2 is 2.15 bits per heavy atom. The number of nitrogens with zero attached hydrogens (tertiary/aromatic N) is 4. The molecule has 4 rings (SSSR count). The van der Waals surface area contributed by atoms with E-state index in [1.54, 1.807) is 12.4 Å². The van der Waals surface area contributed by atoms with Gasteiger partial charge < -0.3 is 15.6 Å². The van der Waals surface area contributed by atoms with Gasteiger partial charge in [-0.05, 0) is 24.6 Å². The first kappa shape index (κ1) is 16.5. The first-order valence-electron chi connectivity index (χ1n) is 8.86. The zero-order valence-electron chi connectivity index (χ0n) is 14.5. The predicted octanol–water partition coefficient (Wildman–Crippen LogP) is 1.51. The molecule has 0 spiro atoms. The third-order valence-electron chi connectivity index (χ3n) is 4.73. The molecular weight excluding hydrogens is 328 g/mol. The first-order chi connectivity index (χ1) is 12.7. The van der Waals surface area contributed by atoms with Crippen LogP contribution in [0.25, 0.3) is 11.5 Å². The minimum Gasteiger partial charge on any atom is -0.368 e. The fraction of sp³-hybridized carbons (Fsp3) is 0.316. The molecule has 3 N–H and O–H groups in total. The van der Waals surface area contributed by atoms with Crippen molar-refractivity contribution in [1.82, 2.24) is 24.6 Å². The summed E-state index contributed by atoms with van der Waals surface area (Å²) in [6, 6.07) is 11.4. The molecule has 0 bridgehead atoms. The van der Waals surface area contributed by atoms with E-state index in [1.165, 1.54) is 0 Å². The van der Waals surface area contributed by atoms with Crippen molar-refractivity contribution in [2.75, 3.05) is 6.54 Å². The number of nitrogens with one attached hydrogen (secondary N) is 1. The van der Waals surface area contributed by atoms with Gasteiger partial charge >= 0.3 is 0 Å². The molecule has 0 unspecified atom stereocenters. The van der Waals surface area contributed by atoms with Crippen LogP contribution in [-0.4, -0.2) is 31.8 Å². The normalized spacial score (nSPS) is 15.2. The number of hydrogen-bond acceptors (Lipinski definition) is 4. The molecule has 0 saturated carbocycles. The minimum absolute atomic E-state index is 0.379. The van der Waals surface area contributed by atoms with Crippen molar-refractivity contribution in [3.63, 3.8) is 0 Å². The van der Waals surface area contributed by atoms with Gasteiger partial charge in [-0.2, -0.15) is 5.10 Å². The molecule has 7 heteroatoms. The Balaban J connectivity index is 1.68. The second-order valence-corrected chi connectivity index (χ2v) is 6.54. The molecule has 26 heavy (non-hydrogen) atoms. The topological polar surface area (TPSA) is 90.8 Å². The lowest BCUT2D eigenvalue weighted by atomic mass is 10.1. The van der Waals surface area contributed by atoms with Crippen LogP contribution < -0.4 is 11.1 Å². The molecule has 1 aliphatic heterocycles. The summed E-state index contributed by atoms with van der Waals surface area (Å²) in [5.74, 6) is 0.292. The smallest absolute Gasteiger partial charge is 0.240 e. The third-order valence-corrected chi connectivity index (χ3v) is 4.73. The molecule has 0 aliphatic carbocycles. The molecule has 3 aromatic rings. The van der Waals surface area contributed by atoms with E-state index in [4.69, 9.17) is 10.8 Å².